The van der Waals surface area contributed by atoms with Gasteiger partial charge in [0.05, 0.1) is 5.92 Å². The number of nitrogens with one attached hydrogen (secondary N) is 1. The average Bonchev–Trinajstić information content (AvgIpc) is 2.56. The molecule has 0 aliphatic carbocycles. The number of urea groups is 1. The molecule has 1 aliphatic rings. The van der Waals surface area contributed by atoms with Crippen LogP contribution >= 0.6 is 0 Å². The average molecular weight is 215 g/mol. The van der Waals surface area contributed by atoms with E-state index in [1.165, 1.54) is 4.90 Å². The number of carbonyl (C=O) groups excluding carboxylic acids is 1. The molecule has 6 nitrogen and oxygen atoms in total. The van der Waals surface area contributed by atoms with Crippen LogP contribution in [0.15, 0.2) is 0 Å². The van der Waals surface area contributed by atoms with Crippen LogP contribution in [0.2, 0.25) is 0 Å². The Morgan fingerprint density at radius 3 is 2.67 bits per heavy atom. The molecule has 15 heavy (non-hydrogen) atoms. The van der Waals surface area contributed by atoms with Crippen LogP contribution in [0, 0.1) is 11.8 Å². The Labute approximate surface area is 88.4 Å². The monoisotopic (exact) mass is 215 g/mol. The fourth-order valence-electron chi connectivity index (χ4n) is 1.74. The lowest BCUT2D eigenvalue weighted by Crippen LogP contribution is -2.41. The molecule has 0 aromatic carbocycles. The summed E-state index contributed by atoms with van der Waals surface area (Å²) in [5.41, 5.74) is 5.25. The number of rotatable bonds is 3. The first-order valence-corrected chi connectivity index (χ1v) is 5.02. The number of hydrogen-bond donors (Lipinski definition) is 3. The summed E-state index contributed by atoms with van der Waals surface area (Å²) in [6.07, 6.45) is 0. The van der Waals surface area contributed by atoms with Gasteiger partial charge in [0, 0.05) is 26.2 Å². The molecule has 0 radical (unpaired) electrons. The number of carboxylic acid groups (broad SMARTS) is 1. The molecule has 1 fully saturated rings. The van der Waals surface area contributed by atoms with Gasteiger partial charge in [0.25, 0.3) is 0 Å². The minimum atomic E-state index is -0.836. The SMILES string of the molecule is C[C@@H]1CN(C(=O)NCCN)C[C@H]1C(=O)O. The van der Waals surface area contributed by atoms with Crippen LogP contribution in [0.5, 0.6) is 0 Å². The predicted octanol–water partition coefficient (Wildman–Crippen LogP) is -0.693. The molecular weight excluding hydrogens is 198 g/mol. The van der Waals surface area contributed by atoms with E-state index in [0.29, 0.717) is 19.6 Å². The number of nitrogens with zero attached hydrogens (tertiary/aromatic N) is 1. The van der Waals surface area contributed by atoms with Crippen molar-refractivity contribution in [3.8, 4) is 0 Å². The van der Waals surface area contributed by atoms with Gasteiger partial charge in [-0.05, 0) is 5.92 Å². The number of amides is 2. The van der Waals surface area contributed by atoms with Crippen LogP contribution in [0.4, 0.5) is 4.79 Å². The van der Waals surface area contributed by atoms with Crippen molar-refractivity contribution in [2.75, 3.05) is 26.2 Å². The summed E-state index contributed by atoms with van der Waals surface area (Å²) in [5.74, 6) is -1.28. The Morgan fingerprint density at radius 2 is 2.20 bits per heavy atom. The normalized spacial score (nSPS) is 25.3. The number of carbonyl (C=O) groups is 2. The number of nitrogens with two attached hydrogens (primary N) is 1. The molecule has 0 unspecified atom stereocenters. The predicted molar refractivity (Wildman–Crippen MR) is 54.3 cm³/mol. The molecule has 6 heteroatoms. The summed E-state index contributed by atoms with van der Waals surface area (Å²) in [7, 11) is 0. The number of carboxylic acids is 1. The van der Waals surface area contributed by atoms with Crippen molar-refractivity contribution in [3.05, 3.63) is 0 Å². The van der Waals surface area contributed by atoms with E-state index in [1.54, 1.807) is 0 Å². The summed E-state index contributed by atoms with van der Waals surface area (Å²) in [5, 5.41) is 11.5. The molecular formula is C9H17N3O3. The van der Waals surface area contributed by atoms with Gasteiger partial charge in [0.1, 0.15) is 0 Å². The molecule has 0 aromatic rings. The van der Waals surface area contributed by atoms with Crippen LogP contribution in [-0.4, -0.2) is 48.2 Å². The van der Waals surface area contributed by atoms with E-state index in [0.717, 1.165) is 0 Å². The highest BCUT2D eigenvalue weighted by Crippen LogP contribution is 2.22. The molecule has 86 valence electrons. The standard InChI is InChI=1S/C9H17N3O3/c1-6-4-12(5-7(6)8(13)14)9(15)11-3-2-10/h6-7H,2-5,10H2,1H3,(H,11,15)(H,13,14)/t6-,7-/m1/s1. The second-order valence-electron chi connectivity index (χ2n) is 3.85. The second kappa shape index (κ2) is 4.97. The molecule has 2 amide bonds. The van der Waals surface area contributed by atoms with E-state index >= 15 is 0 Å². The van der Waals surface area contributed by atoms with Crippen molar-refractivity contribution in [1.29, 1.82) is 0 Å². The Bertz CT molecular complexity index is 257. The van der Waals surface area contributed by atoms with E-state index in [4.69, 9.17) is 10.8 Å². The molecule has 0 saturated carbocycles. The second-order valence-corrected chi connectivity index (χ2v) is 3.85. The Hall–Kier alpha value is -1.30. The Morgan fingerprint density at radius 1 is 1.53 bits per heavy atom. The summed E-state index contributed by atoms with van der Waals surface area (Å²) in [6, 6.07) is -0.226. The topological polar surface area (TPSA) is 95.7 Å². The van der Waals surface area contributed by atoms with E-state index in [1.807, 2.05) is 6.92 Å². The molecule has 0 bridgehead atoms. The highest BCUT2D eigenvalue weighted by molar-refractivity contribution is 5.77. The molecule has 2 atom stereocenters. The molecule has 1 saturated heterocycles. The van der Waals surface area contributed by atoms with Crippen molar-refractivity contribution in [3.63, 3.8) is 0 Å². The maximum atomic E-state index is 11.5. The van der Waals surface area contributed by atoms with E-state index in [-0.39, 0.29) is 18.5 Å². The molecule has 1 heterocycles. The Kier molecular flexibility index (Phi) is 3.90. The fraction of sp³-hybridized carbons (Fsp3) is 0.778. The maximum Gasteiger partial charge on any atom is 0.317 e. The summed E-state index contributed by atoms with van der Waals surface area (Å²) in [4.78, 5) is 23.8. The first kappa shape index (κ1) is 11.8. The highest BCUT2D eigenvalue weighted by Gasteiger charge is 2.36. The fourth-order valence-corrected chi connectivity index (χ4v) is 1.74. The molecule has 0 aromatic heterocycles. The third kappa shape index (κ3) is 2.82. The van der Waals surface area contributed by atoms with Crippen LogP contribution < -0.4 is 11.1 Å². The van der Waals surface area contributed by atoms with Crippen LogP contribution in [0.3, 0.4) is 0 Å². The maximum absolute atomic E-state index is 11.5. The zero-order chi connectivity index (χ0) is 11.4. The van der Waals surface area contributed by atoms with Gasteiger partial charge in [0.2, 0.25) is 0 Å². The van der Waals surface area contributed by atoms with Gasteiger partial charge in [-0.3, -0.25) is 4.79 Å². The van der Waals surface area contributed by atoms with Gasteiger partial charge in [-0.15, -0.1) is 0 Å². The van der Waals surface area contributed by atoms with E-state index in [2.05, 4.69) is 5.32 Å². The van der Waals surface area contributed by atoms with Crippen molar-refractivity contribution in [2.24, 2.45) is 17.6 Å². The zero-order valence-corrected chi connectivity index (χ0v) is 8.77. The van der Waals surface area contributed by atoms with Gasteiger partial charge in [-0.1, -0.05) is 6.92 Å². The van der Waals surface area contributed by atoms with Crippen LogP contribution in [0.25, 0.3) is 0 Å². The van der Waals surface area contributed by atoms with Crippen molar-refractivity contribution < 1.29 is 14.7 Å². The minimum absolute atomic E-state index is 0.00567. The third-order valence-corrected chi connectivity index (χ3v) is 2.64. The van der Waals surface area contributed by atoms with Crippen molar-refractivity contribution in [1.82, 2.24) is 10.2 Å². The lowest BCUT2D eigenvalue weighted by Gasteiger charge is -2.16. The summed E-state index contributed by atoms with van der Waals surface area (Å²) in [6.45, 7) is 3.42. The quantitative estimate of drug-likeness (QED) is 0.580. The van der Waals surface area contributed by atoms with E-state index < -0.39 is 11.9 Å². The number of likely N-dealkylation sites (tertiary alicyclic amines) is 1. The molecule has 4 N–H and O–H groups in total. The van der Waals surface area contributed by atoms with Gasteiger partial charge < -0.3 is 21.1 Å². The first-order chi connectivity index (χ1) is 7.06. The minimum Gasteiger partial charge on any atom is -0.481 e. The summed E-state index contributed by atoms with van der Waals surface area (Å²) < 4.78 is 0. The highest BCUT2D eigenvalue weighted by atomic mass is 16.4. The van der Waals surface area contributed by atoms with Gasteiger partial charge in [-0.25, -0.2) is 4.79 Å². The van der Waals surface area contributed by atoms with Crippen molar-refractivity contribution in [2.45, 2.75) is 6.92 Å². The number of hydrogen-bond acceptors (Lipinski definition) is 3. The van der Waals surface area contributed by atoms with E-state index in [9.17, 15) is 9.59 Å². The van der Waals surface area contributed by atoms with Crippen LogP contribution in [0.1, 0.15) is 6.92 Å². The third-order valence-electron chi connectivity index (χ3n) is 2.64. The smallest absolute Gasteiger partial charge is 0.317 e. The van der Waals surface area contributed by atoms with Gasteiger partial charge >= 0.3 is 12.0 Å². The van der Waals surface area contributed by atoms with Crippen molar-refractivity contribution >= 4 is 12.0 Å². The zero-order valence-electron chi connectivity index (χ0n) is 8.77. The molecule has 0 spiro atoms. The van der Waals surface area contributed by atoms with Gasteiger partial charge in [0.15, 0.2) is 0 Å². The van der Waals surface area contributed by atoms with Gasteiger partial charge in [-0.2, -0.15) is 0 Å². The number of aliphatic carboxylic acids is 1. The lowest BCUT2D eigenvalue weighted by atomic mass is 9.99. The largest absolute Gasteiger partial charge is 0.481 e. The first-order valence-electron chi connectivity index (χ1n) is 5.02. The molecule has 1 aliphatic heterocycles. The van der Waals surface area contributed by atoms with Crippen LogP contribution in [-0.2, 0) is 4.79 Å². The summed E-state index contributed by atoms with van der Waals surface area (Å²) >= 11 is 0. The lowest BCUT2D eigenvalue weighted by molar-refractivity contribution is -0.142. The Balaban J connectivity index is 2.47. The molecule has 1 rings (SSSR count).